The van der Waals surface area contributed by atoms with Gasteiger partial charge < -0.3 is 9.47 Å². The van der Waals surface area contributed by atoms with Gasteiger partial charge in [0.05, 0.1) is 6.61 Å². The highest BCUT2D eigenvalue weighted by Gasteiger charge is 2.37. The third kappa shape index (κ3) is 4.09. The number of esters is 1. The Morgan fingerprint density at radius 1 is 1.26 bits per heavy atom. The maximum Gasteiger partial charge on any atom is 0.319 e. The molecule has 104 valence electrons. The lowest BCUT2D eigenvalue weighted by molar-refractivity contribution is -0.158. The van der Waals surface area contributed by atoms with Crippen LogP contribution in [0.15, 0.2) is 24.3 Å². The Labute approximate surface area is 113 Å². The zero-order valence-corrected chi connectivity index (χ0v) is 11.9. The van der Waals surface area contributed by atoms with Crippen LogP contribution in [0.1, 0.15) is 26.3 Å². The minimum Gasteiger partial charge on any atom is -0.486 e. The highest BCUT2D eigenvalue weighted by molar-refractivity contribution is 6.03. The van der Waals surface area contributed by atoms with Crippen molar-refractivity contribution in [2.24, 2.45) is 5.41 Å². The number of ketones is 1. The zero-order chi connectivity index (χ0) is 14.5. The van der Waals surface area contributed by atoms with Gasteiger partial charge in [-0.05, 0) is 45.4 Å². The molecule has 4 heteroatoms. The summed E-state index contributed by atoms with van der Waals surface area (Å²) < 4.78 is 10.3. The lowest BCUT2D eigenvalue weighted by Gasteiger charge is -2.20. The molecule has 1 aromatic carbocycles. The molecule has 0 heterocycles. The van der Waals surface area contributed by atoms with E-state index in [0.29, 0.717) is 5.75 Å². The van der Waals surface area contributed by atoms with Crippen LogP contribution in [-0.4, -0.2) is 25.0 Å². The van der Waals surface area contributed by atoms with Gasteiger partial charge in [0.25, 0.3) is 0 Å². The Balaban J connectivity index is 2.62. The van der Waals surface area contributed by atoms with Crippen LogP contribution in [0.5, 0.6) is 5.75 Å². The van der Waals surface area contributed by atoms with Crippen LogP contribution in [0.2, 0.25) is 0 Å². The number of hydrogen-bond donors (Lipinski definition) is 0. The van der Waals surface area contributed by atoms with Crippen LogP contribution in [0, 0.1) is 12.3 Å². The normalized spacial score (nSPS) is 10.9. The summed E-state index contributed by atoms with van der Waals surface area (Å²) in [5, 5.41) is 0. The van der Waals surface area contributed by atoms with Gasteiger partial charge >= 0.3 is 5.97 Å². The smallest absolute Gasteiger partial charge is 0.319 e. The van der Waals surface area contributed by atoms with Crippen LogP contribution in [0.3, 0.4) is 0 Å². The monoisotopic (exact) mass is 264 g/mol. The average Bonchev–Trinajstić information content (AvgIpc) is 2.36. The number of carbonyl (C=O) groups is 2. The van der Waals surface area contributed by atoms with E-state index in [1.165, 1.54) is 0 Å². The van der Waals surface area contributed by atoms with E-state index in [-0.39, 0.29) is 19.0 Å². The number of ether oxygens (including phenoxy) is 2. The molecule has 0 saturated carbocycles. The minimum absolute atomic E-state index is 0.144. The van der Waals surface area contributed by atoms with Crippen molar-refractivity contribution in [2.45, 2.75) is 27.7 Å². The van der Waals surface area contributed by atoms with E-state index in [1.54, 1.807) is 26.8 Å². The lowest BCUT2D eigenvalue weighted by Crippen LogP contribution is -2.38. The van der Waals surface area contributed by atoms with Crippen molar-refractivity contribution in [3.63, 3.8) is 0 Å². The minimum atomic E-state index is -1.18. The summed E-state index contributed by atoms with van der Waals surface area (Å²) in [6.45, 7) is 6.86. The first-order valence-corrected chi connectivity index (χ1v) is 6.28. The van der Waals surface area contributed by atoms with E-state index in [9.17, 15) is 9.59 Å². The Morgan fingerprint density at radius 3 is 2.53 bits per heavy atom. The van der Waals surface area contributed by atoms with Crippen LogP contribution in [0.4, 0.5) is 0 Å². The Bertz CT molecular complexity index is 463. The van der Waals surface area contributed by atoms with Gasteiger partial charge in [-0.15, -0.1) is 0 Å². The highest BCUT2D eigenvalue weighted by Crippen LogP contribution is 2.20. The molecule has 1 rings (SSSR count). The van der Waals surface area contributed by atoms with Crippen molar-refractivity contribution in [1.82, 2.24) is 0 Å². The second kappa shape index (κ2) is 6.36. The first kappa shape index (κ1) is 15.2. The maximum atomic E-state index is 12.0. The van der Waals surface area contributed by atoms with Gasteiger partial charge in [0.15, 0.2) is 5.78 Å². The molecule has 0 spiro atoms. The molecule has 0 aliphatic carbocycles. The molecule has 0 N–H and O–H groups in total. The van der Waals surface area contributed by atoms with E-state index >= 15 is 0 Å². The van der Waals surface area contributed by atoms with Crippen molar-refractivity contribution in [1.29, 1.82) is 0 Å². The van der Waals surface area contributed by atoms with Gasteiger partial charge in [-0.1, -0.05) is 12.1 Å². The SMILES string of the molecule is CCOC(=O)C(C)(C)C(=O)COc1cccc(C)c1. The lowest BCUT2D eigenvalue weighted by atomic mass is 9.88. The predicted molar refractivity (Wildman–Crippen MR) is 72.1 cm³/mol. The van der Waals surface area contributed by atoms with Gasteiger partial charge in [0, 0.05) is 0 Å². The average molecular weight is 264 g/mol. The molecular formula is C15H20O4. The second-order valence-corrected chi connectivity index (χ2v) is 4.87. The molecule has 0 aromatic heterocycles. The summed E-state index contributed by atoms with van der Waals surface area (Å²) in [4.78, 5) is 23.7. The van der Waals surface area contributed by atoms with Crippen LogP contribution >= 0.6 is 0 Å². The van der Waals surface area contributed by atoms with E-state index < -0.39 is 11.4 Å². The van der Waals surface area contributed by atoms with Crippen molar-refractivity contribution in [3.05, 3.63) is 29.8 Å². The number of aryl methyl sites for hydroxylation is 1. The molecule has 0 radical (unpaired) electrons. The third-order valence-corrected chi connectivity index (χ3v) is 2.84. The Hall–Kier alpha value is -1.84. The van der Waals surface area contributed by atoms with E-state index in [4.69, 9.17) is 9.47 Å². The Morgan fingerprint density at radius 2 is 1.95 bits per heavy atom. The van der Waals surface area contributed by atoms with Crippen molar-refractivity contribution in [3.8, 4) is 5.75 Å². The van der Waals surface area contributed by atoms with Crippen LogP contribution in [-0.2, 0) is 14.3 Å². The molecule has 0 saturated heterocycles. The summed E-state index contributed by atoms with van der Waals surface area (Å²) >= 11 is 0. The van der Waals surface area contributed by atoms with E-state index in [1.807, 2.05) is 25.1 Å². The number of Topliss-reactive ketones (excluding diaryl/α,β-unsaturated/α-hetero) is 1. The number of carbonyl (C=O) groups excluding carboxylic acids is 2. The summed E-state index contributed by atoms with van der Waals surface area (Å²) in [7, 11) is 0. The van der Waals surface area contributed by atoms with Crippen molar-refractivity contribution >= 4 is 11.8 Å². The summed E-state index contributed by atoms with van der Waals surface area (Å²) in [5.41, 5.74) is -0.130. The van der Waals surface area contributed by atoms with Gasteiger partial charge in [-0.2, -0.15) is 0 Å². The van der Waals surface area contributed by atoms with Crippen LogP contribution in [0.25, 0.3) is 0 Å². The first-order chi connectivity index (χ1) is 8.87. The fourth-order valence-electron chi connectivity index (χ4n) is 1.46. The molecule has 0 amide bonds. The first-order valence-electron chi connectivity index (χ1n) is 6.28. The summed E-state index contributed by atoms with van der Waals surface area (Å²) in [6.07, 6.45) is 0. The summed E-state index contributed by atoms with van der Waals surface area (Å²) in [5.74, 6) is -0.201. The molecule has 0 fully saturated rings. The molecule has 19 heavy (non-hydrogen) atoms. The number of benzene rings is 1. The fraction of sp³-hybridized carbons (Fsp3) is 0.467. The third-order valence-electron chi connectivity index (χ3n) is 2.84. The summed E-state index contributed by atoms with van der Waals surface area (Å²) in [6, 6.07) is 7.41. The van der Waals surface area contributed by atoms with Gasteiger partial charge in [-0.25, -0.2) is 0 Å². The van der Waals surface area contributed by atoms with Gasteiger partial charge in [-0.3, -0.25) is 9.59 Å². The van der Waals surface area contributed by atoms with Crippen molar-refractivity contribution < 1.29 is 19.1 Å². The quantitative estimate of drug-likeness (QED) is 0.585. The highest BCUT2D eigenvalue weighted by atomic mass is 16.5. The van der Waals surface area contributed by atoms with Crippen LogP contribution < -0.4 is 4.74 Å². The molecule has 1 aromatic rings. The predicted octanol–water partition coefficient (Wildman–Crippen LogP) is 2.53. The molecule has 0 bridgehead atoms. The largest absolute Gasteiger partial charge is 0.486 e. The molecule has 0 aliphatic heterocycles. The number of rotatable bonds is 6. The zero-order valence-electron chi connectivity index (χ0n) is 11.9. The molecule has 0 unspecified atom stereocenters. The maximum absolute atomic E-state index is 12.0. The molecule has 0 atom stereocenters. The van der Waals surface area contributed by atoms with E-state index in [0.717, 1.165) is 5.56 Å². The standard InChI is InChI=1S/C15H20O4/c1-5-18-14(17)15(3,4)13(16)10-19-12-8-6-7-11(2)9-12/h6-9H,5,10H2,1-4H3. The van der Waals surface area contributed by atoms with Crippen molar-refractivity contribution in [2.75, 3.05) is 13.2 Å². The van der Waals surface area contributed by atoms with E-state index in [2.05, 4.69) is 0 Å². The van der Waals surface area contributed by atoms with Gasteiger partial charge in [0.2, 0.25) is 0 Å². The fourth-order valence-corrected chi connectivity index (χ4v) is 1.46. The van der Waals surface area contributed by atoms with Gasteiger partial charge in [0.1, 0.15) is 17.8 Å². The molecule has 4 nitrogen and oxygen atoms in total. The molecule has 0 aliphatic rings. The topological polar surface area (TPSA) is 52.6 Å². The Kier molecular flexibility index (Phi) is 5.10. The molecular weight excluding hydrogens is 244 g/mol. The second-order valence-electron chi connectivity index (χ2n) is 4.87. The number of hydrogen-bond acceptors (Lipinski definition) is 4.